The molecule has 0 saturated heterocycles. The second-order valence-electron chi connectivity index (χ2n) is 6.91. The first-order valence-electron chi connectivity index (χ1n) is 9.70. The van der Waals surface area contributed by atoms with Gasteiger partial charge in [-0.25, -0.2) is 4.98 Å². The van der Waals surface area contributed by atoms with Gasteiger partial charge in [0.25, 0.3) is 5.91 Å². The SMILES string of the molecule is O=C(Nc1sc(-c2ccccc2)nc1-c1ccccc1)c1cccc2ccccc12. The van der Waals surface area contributed by atoms with Crippen molar-refractivity contribution < 1.29 is 4.79 Å². The van der Waals surface area contributed by atoms with Gasteiger partial charge in [0.15, 0.2) is 0 Å². The molecule has 0 atom stereocenters. The first kappa shape index (κ1) is 18.3. The largest absolute Gasteiger partial charge is 0.312 e. The third-order valence-corrected chi connectivity index (χ3v) is 5.98. The van der Waals surface area contributed by atoms with Crippen molar-refractivity contribution in [3.05, 3.63) is 109 Å². The minimum atomic E-state index is -0.132. The number of benzene rings is 4. The number of anilines is 1. The molecule has 0 aliphatic rings. The van der Waals surface area contributed by atoms with E-state index < -0.39 is 0 Å². The molecule has 5 rings (SSSR count). The highest BCUT2D eigenvalue weighted by Crippen LogP contribution is 2.38. The van der Waals surface area contributed by atoms with Gasteiger partial charge in [-0.2, -0.15) is 0 Å². The van der Waals surface area contributed by atoms with E-state index in [9.17, 15) is 4.79 Å². The second kappa shape index (κ2) is 7.93. The Kier molecular flexibility index (Phi) is 4.83. The molecule has 1 amide bonds. The Morgan fingerprint density at radius 3 is 2.10 bits per heavy atom. The van der Waals surface area contributed by atoms with Gasteiger partial charge in [0, 0.05) is 16.7 Å². The average molecular weight is 407 g/mol. The zero-order valence-electron chi connectivity index (χ0n) is 16.1. The molecule has 30 heavy (non-hydrogen) atoms. The lowest BCUT2D eigenvalue weighted by atomic mass is 10.0. The van der Waals surface area contributed by atoms with Gasteiger partial charge in [0.05, 0.1) is 0 Å². The van der Waals surface area contributed by atoms with Crippen molar-refractivity contribution in [2.24, 2.45) is 0 Å². The average Bonchev–Trinajstić information content (AvgIpc) is 3.23. The first-order chi connectivity index (χ1) is 14.8. The lowest BCUT2D eigenvalue weighted by molar-refractivity contribution is 0.102. The number of nitrogens with one attached hydrogen (secondary N) is 1. The Balaban J connectivity index is 1.58. The van der Waals surface area contributed by atoms with Crippen molar-refractivity contribution in [1.29, 1.82) is 0 Å². The van der Waals surface area contributed by atoms with Crippen LogP contribution >= 0.6 is 11.3 Å². The fourth-order valence-electron chi connectivity index (χ4n) is 3.49. The van der Waals surface area contributed by atoms with E-state index in [0.29, 0.717) is 5.56 Å². The van der Waals surface area contributed by atoms with Crippen LogP contribution in [0.2, 0.25) is 0 Å². The third-order valence-electron chi connectivity index (χ3n) is 4.96. The lowest BCUT2D eigenvalue weighted by Crippen LogP contribution is -2.12. The van der Waals surface area contributed by atoms with Crippen LogP contribution in [-0.2, 0) is 0 Å². The molecule has 0 aliphatic carbocycles. The molecule has 1 aromatic heterocycles. The van der Waals surface area contributed by atoms with Gasteiger partial charge in [-0.15, -0.1) is 0 Å². The molecule has 1 N–H and O–H groups in total. The Hall–Kier alpha value is -3.76. The van der Waals surface area contributed by atoms with Crippen LogP contribution in [0.4, 0.5) is 5.00 Å². The van der Waals surface area contributed by atoms with Crippen LogP contribution in [0, 0.1) is 0 Å². The first-order valence-corrected chi connectivity index (χ1v) is 10.5. The van der Waals surface area contributed by atoms with Crippen LogP contribution in [0.1, 0.15) is 10.4 Å². The highest BCUT2D eigenvalue weighted by Gasteiger charge is 2.18. The number of fused-ring (bicyclic) bond motifs is 1. The van der Waals surface area contributed by atoms with Crippen molar-refractivity contribution in [2.75, 3.05) is 5.32 Å². The summed E-state index contributed by atoms with van der Waals surface area (Å²) in [5, 5.41) is 6.73. The smallest absolute Gasteiger partial charge is 0.256 e. The zero-order valence-corrected chi connectivity index (χ0v) is 16.9. The number of hydrogen-bond donors (Lipinski definition) is 1. The maximum Gasteiger partial charge on any atom is 0.256 e. The summed E-state index contributed by atoms with van der Waals surface area (Å²) in [5.74, 6) is -0.132. The predicted octanol–water partition coefficient (Wildman–Crippen LogP) is 6.88. The van der Waals surface area contributed by atoms with E-state index in [1.165, 1.54) is 11.3 Å². The van der Waals surface area contributed by atoms with Gasteiger partial charge in [-0.05, 0) is 16.8 Å². The summed E-state index contributed by atoms with van der Waals surface area (Å²) in [6.07, 6.45) is 0. The standard InChI is InChI=1S/C26H18N2OS/c29-24(22-17-9-15-18-10-7-8-16-21(18)22)28-26-23(19-11-3-1-4-12-19)27-25(30-26)20-13-5-2-6-14-20/h1-17H,(H,28,29). The molecule has 0 saturated carbocycles. The van der Waals surface area contributed by atoms with Crippen LogP contribution in [0.3, 0.4) is 0 Å². The van der Waals surface area contributed by atoms with E-state index in [2.05, 4.69) is 5.32 Å². The van der Waals surface area contributed by atoms with Gasteiger partial charge in [-0.1, -0.05) is 108 Å². The number of hydrogen-bond acceptors (Lipinski definition) is 3. The normalized spacial score (nSPS) is 10.8. The molecule has 0 spiro atoms. The molecule has 0 fully saturated rings. The summed E-state index contributed by atoms with van der Waals surface area (Å²) in [6, 6.07) is 33.7. The van der Waals surface area contributed by atoms with Crippen molar-refractivity contribution in [3.63, 3.8) is 0 Å². The molecule has 0 unspecified atom stereocenters. The minimum absolute atomic E-state index is 0.132. The Bertz CT molecular complexity index is 1320. The van der Waals surface area contributed by atoms with Gasteiger partial charge >= 0.3 is 0 Å². The summed E-state index contributed by atoms with van der Waals surface area (Å²) in [7, 11) is 0. The molecule has 0 bridgehead atoms. The predicted molar refractivity (Wildman–Crippen MR) is 125 cm³/mol. The summed E-state index contributed by atoms with van der Waals surface area (Å²) in [4.78, 5) is 18.1. The molecular weight excluding hydrogens is 388 g/mol. The van der Waals surface area contributed by atoms with Gasteiger partial charge in [0.1, 0.15) is 15.7 Å². The van der Waals surface area contributed by atoms with Gasteiger partial charge < -0.3 is 5.32 Å². The summed E-state index contributed by atoms with van der Waals surface area (Å²) < 4.78 is 0. The second-order valence-corrected chi connectivity index (χ2v) is 7.91. The maximum atomic E-state index is 13.2. The van der Waals surface area contributed by atoms with E-state index in [4.69, 9.17) is 4.98 Å². The van der Waals surface area contributed by atoms with Crippen LogP contribution in [0.15, 0.2) is 103 Å². The van der Waals surface area contributed by atoms with E-state index in [0.717, 1.165) is 37.6 Å². The Morgan fingerprint density at radius 2 is 1.33 bits per heavy atom. The van der Waals surface area contributed by atoms with Gasteiger partial charge in [0.2, 0.25) is 0 Å². The molecule has 144 valence electrons. The summed E-state index contributed by atoms with van der Waals surface area (Å²) in [5.41, 5.74) is 3.45. The van der Waals surface area contributed by atoms with Crippen molar-refractivity contribution in [1.82, 2.24) is 4.98 Å². The molecule has 4 aromatic carbocycles. The number of aromatic nitrogens is 1. The molecule has 0 radical (unpaired) electrons. The number of thiazole rings is 1. The monoisotopic (exact) mass is 406 g/mol. The molecule has 5 aromatic rings. The fourth-order valence-corrected chi connectivity index (χ4v) is 4.48. The number of rotatable bonds is 4. The van der Waals surface area contributed by atoms with Crippen LogP contribution in [0.5, 0.6) is 0 Å². The summed E-state index contributed by atoms with van der Waals surface area (Å²) in [6.45, 7) is 0. The highest BCUT2D eigenvalue weighted by molar-refractivity contribution is 7.19. The highest BCUT2D eigenvalue weighted by atomic mass is 32.1. The van der Waals surface area contributed by atoms with E-state index in [1.54, 1.807) is 0 Å². The Labute approximate surface area is 178 Å². The number of amides is 1. The van der Waals surface area contributed by atoms with Gasteiger partial charge in [-0.3, -0.25) is 4.79 Å². The Morgan fingerprint density at radius 1 is 0.700 bits per heavy atom. The van der Waals surface area contributed by atoms with E-state index in [1.807, 2.05) is 103 Å². The maximum absolute atomic E-state index is 13.2. The van der Waals surface area contributed by atoms with Crippen LogP contribution < -0.4 is 5.32 Å². The topological polar surface area (TPSA) is 42.0 Å². The van der Waals surface area contributed by atoms with E-state index in [-0.39, 0.29) is 5.91 Å². The molecule has 0 aliphatic heterocycles. The quantitative estimate of drug-likeness (QED) is 0.353. The lowest BCUT2D eigenvalue weighted by Gasteiger charge is -2.08. The van der Waals surface area contributed by atoms with Crippen LogP contribution in [0.25, 0.3) is 32.6 Å². The number of carbonyl (C=O) groups is 1. The molecular formula is C26H18N2OS. The zero-order chi connectivity index (χ0) is 20.3. The fraction of sp³-hybridized carbons (Fsp3) is 0. The molecule has 3 nitrogen and oxygen atoms in total. The number of nitrogens with zero attached hydrogens (tertiary/aromatic N) is 1. The van der Waals surface area contributed by atoms with E-state index >= 15 is 0 Å². The molecule has 1 heterocycles. The van der Waals surface area contributed by atoms with Crippen molar-refractivity contribution >= 4 is 33.0 Å². The number of carbonyl (C=O) groups excluding carboxylic acids is 1. The third kappa shape index (κ3) is 3.49. The van der Waals surface area contributed by atoms with Crippen molar-refractivity contribution in [2.45, 2.75) is 0 Å². The van der Waals surface area contributed by atoms with Crippen molar-refractivity contribution in [3.8, 4) is 21.8 Å². The minimum Gasteiger partial charge on any atom is -0.312 e. The van der Waals surface area contributed by atoms with Crippen LogP contribution in [-0.4, -0.2) is 10.9 Å². The summed E-state index contributed by atoms with van der Waals surface area (Å²) >= 11 is 1.49. The molecule has 4 heteroatoms.